The Hall–Kier alpha value is -2.94. The molecule has 0 aliphatic heterocycles. The molecule has 0 aliphatic rings. The summed E-state index contributed by atoms with van der Waals surface area (Å²) < 4.78 is 5.74. The van der Waals surface area contributed by atoms with Crippen LogP contribution in [0.25, 0.3) is 0 Å². The first-order valence-electron chi connectivity index (χ1n) is 13.9. The van der Waals surface area contributed by atoms with Gasteiger partial charge in [0.05, 0.1) is 0 Å². The van der Waals surface area contributed by atoms with Gasteiger partial charge in [0.1, 0.15) is 0 Å². The van der Waals surface area contributed by atoms with Gasteiger partial charge in [0.15, 0.2) is 0 Å². The number of hydrogen-bond acceptors (Lipinski definition) is 2. The zero-order valence-corrected chi connectivity index (χ0v) is 24.9. The minimum atomic E-state index is -2.82. The van der Waals surface area contributed by atoms with E-state index in [2.05, 4.69) is 106 Å². The van der Waals surface area contributed by atoms with Gasteiger partial charge in [-0.2, -0.15) is 0 Å². The van der Waals surface area contributed by atoms with Crippen molar-refractivity contribution in [2.45, 2.75) is 44.9 Å². The van der Waals surface area contributed by atoms with E-state index in [4.69, 9.17) is 4.74 Å². The fourth-order valence-corrected chi connectivity index (χ4v) is 13.1. The number of para-hydroxylation sites is 1. The third kappa shape index (κ3) is 6.80. The number of carboxylic acids is 1. The number of unbranched alkanes of at least 4 members (excludes halogenated alkanes) is 6. The Morgan fingerprint density at radius 1 is 0.590 bits per heavy atom. The van der Waals surface area contributed by atoms with E-state index in [0.717, 1.165) is 31.8 Å². The van der Waals surface area contributed by atoms with E-state index < -0.39 is 11.3 Å². The number of halogens is 1. The molecule has 0 aliphatic carbocycles. The molecule has 1 N–H and O–H groups in total. The zero-order chi connectivity index (χ0) is 27.4. The first-order chi connectivity index (χ1) is 19.0. The summed E-state index contributed by atoms with van der Waals surface area (Å²) in [5.74, 6) is -0.495. The average Bonchev–Trinajstić information content (AvgIpc) is 2.99. The monoisotopic (exact) mass is 604 g/mol. The van der Waals surface area contributed by atoms with Crippen LogP contribution in [0, 0.1) is 0 Å². The van der Waals surface area contributed by atoms with E-state index in [0.29, 0.717) is 12.4 Å². The van der Waals surface area contributed by atoms with E-state index in [-0.39, 0.29) is 5.56 Å². The van der Waals surface area contributed by atoms with Crippen LogP contribution in [0.4, 0.5) is 0 Å². The number of carboxylic acid groups (broad SMARTS) is 1. The Bertz CT molecular complexity index is 1210. The molecule has 0 atom stereocenters. The quantitative estimate of drug-likeness (QED) is 0.110. The third-order valence-corrected chi connectivity index (χ3v) is 17.5. The van der Waals surface area contributed by atoms with Crippen molar-refractivity contribution in [3.05, 3.63) is 121 Å². The molecule has 3 nitrogen and oxygen atoms in total. The van der Waals surface area contributed by atoms with E-state index in [1.807, 2.05) is 6.07 Å². The van der Waals surface area contributed by atoms with Gasteiger partial charge in [-0.3, -0.25) is 0 Å². The molecule has 4 aromatic carbocycles. The predicted molar refractivity (Wildman–Crippen MR) is 170 cm³/mol. The summed E-state index contributed by atoms with van der Waals surface area (Å²) in [6.45, 7) is 0.549. The Kier molecular flexibility index (Phi) is 10.4. The second kappa shape index (κ2) is 13.9. The summed E-state index contributed by atoms with van der Waals surface area (Å²) in [6, 6.07) is 39.9. The molecule has 39 heavy (non-hydrogen) atoms. The van der Waals surface area contributed by atoms with Gasteiger partial charge in [-0.15, -0.1) is 0 Å². The minimum absolute atomic E-state index is 0.225. The number of ether oxygens (including phenoxy) is 1. The van der Waals surface area contributed by atoms with Crippen molar-refractivity contribution in [1.82, 2.24) is 0 Å². The van der Waals surface area contributed by atoms with Crippen LogP contribution in [0.2, 0.25) is 0 Å². The standard InChI is InChI=1S/C34H38BrO3P/c35-39(29-19-9-6-10-20-29,30-21-11-7-12-22-30,31-23-13-8-14-24-31)28-18-5-3-1-2-4-17-27-38-33-26-16-15-25-32(33)34(36)37/h6-16,19-26H,1-5,17-18,27-28H2,(H,36,37). The second-order valence-corrected chi connectivity index (χ2v) is 19.1. The van der Waals surface area contributed by atoms with Crippen LogP contribution in [-0.2, 0) is 0 Å². The molecule has 0 radical (unpaired) electrons. The fourth-order valence-electron chi connectivity index (χ4n) is 5.40. The third-order valence-electron chi connectivity index (χ3n) is 7.48. The van der Waals surface area contributed by atoms with E-state index in [1.54, 1.807) is 18.2 Å². The molecule has 0 fully saturated rings. The van der Waals surface area contributed by atoms with Gasteiger partial charge in [-0.05, 0) is 6.07 Å². The van der Waals surface area contributed by atoms with E-state index >= 15 is 0 Å². The van der Waals surface area contributed by atoms with Gasteiger partial charge < -0.3 is 5.11 Å². The number of hydrogen-bond donors (Lipinski definition) is 1. The van der Waals surface area contributed by atoms with Crippen molar-refractivity contribution < 1.29 is 14.6 Å². The van der Waals surface area contributed by atoms with Crippen molar-refractivity contribution in [2.75, 3.05) is 12.8 Å². The molecule has 0 bridgehead atoms. The second-order valence-electron chi connectivity index (χ2n) is 10.0. The summed E-state index contributed by atoms with van der Waals surface area (Å²) in [5.41, 5.74) is 0.225. The molecule has 4 rings (SSSR count). The number of aromatic carboxylic acids is 1. The summed E-state index contributed by atoms with van der Waals surface area (Å²) in [7, 11) is 0. The van der Waals surface area contributed by atoms with Gasteiger partial charge in [0.2, 0.25) is 0 Å². The average molecular weight is 606 g/mol. The van der Waals surface area contributed by atoms with Gasteiger partial charge in [0, 0.05) is 0 Å². The Morgan fingerprint density at radius 2 is 1.00 bits per heavy atom. The van der Waals surface area contributed by atoms with Gasteiger partial charge in [-0.1, -0.05) is 12.1 Å². The number of rotatable bonds is 15. The van der Waals surface area contributed by atoms with Crippen molar-refractivity contribution in [1.29, 1.82) is 0 Å². The van der Waals surface area contributed by atoms with Gasteiger partial charge in [-0.25, -0.2) is 4.79 Å². The van der Waals surface area contributed by atoms with Crippen molar-refractivity contribution >= 4 is 42.7 Å². The molecule has 204 valence electrons. The topological polar surface area (TPSA) is 46.5 Å². The molecule has 0 heterocycles. The molecular formula is C34H38BrO3P. The van der Waals surface area contributed by atoms with Crippen LogP contribution in [0.3, 0.4) is 0 Å². The first-order valence-corrected chi connectivity index (χ1v) is 18.3. The van der Waals surface area contributed by atoms with Crippen LogP contribution in [-0.4, -0.2) is 23.8 Å². The molecule has 0 saturated carbocycles. The molecule has 0 aromatic heterocycles. The number of benzene rings is 4. The van der Waals surface area contributed by atoms with Gasteiger partial charge >= 0.3 is 214 Å². The van der Waals surface area contributed by atoms with Gasteiger partial charge in [0.25, 0.3) is 0 Å². The first kappa shape index (κ1) is 29.1. The van der Waals surface area contributed by atoms with Crippen LogP contribution in [0.15, 0.2) is 115 Å². The van der Waals surface area contributed by atoms with Crippen molar-refractivity contribution in [3.63, 3.8) is 0 Å². The summed E-state index contributed by atoms with van der Waals surface area (Å²) in [5, 5.41) is 10.6. The summed E-state index contributed by atoms with van der Waals surface area (Å²) in [4.78, 5) is 11.3. The Labute approximate surface area is 240 Å². The maximum atomic E-state index is 11.3. The van der Waals surface area contributed by atoms with Crippen LogP contribution in [0.5, 0.6) is 5.75 Å². The zero-order valence-electron chi connectivity index (χ0n) is 22.4. The van der Waals surface area contributed by atoms with E-state index in [1.165, 1.54) is 35.2 Å². The molecule has 5 heteroatoms. The molecular weight excluding hydrogens is 567 g/mol. The Morgan fingerprint density at radius 3 is 1.49 bits per heavy atom. The fraction of sp³-hybridized carbons (Fsp3) is 0.265. The summed E-state index contributed by atoms with van der Waals surface area (Å²) in [6.07, 6.45) is 9.02. The molecule has 0 unspecified atom stereocenters. The summed E-state index contributed by atoms with van der Waals surface area (Å²) >= 11 is 4.54. The van der Waals surface area contributed by atoms with E-state index in [9.17, 15) is 9.90 Å². The Balaban J connectivity index is 1.33. The van der Waals surface area contributed by atoms with Crippen LogP contribution >= 0.6 is 20.8 Å². The predicted octanol–water partition coefficient (Wildman–Crippen LogP) is 8.33. The van der Waals surface area contributed by atoms with Crippen LogP contribution < -0.4 is 20.7 Å². The molecule has 0 spiro atoms. The number of carbonyl (C=O) groups is 1. The normalized spacial score (nSPS) is 12.4. The molecule has 0 saturated heterocycles. The molecule has 4 aromatic rings. The SMILES string of the molecule is O=C(O)c1ccccc1OCCCCCCCCCP(Br)(c1ccccc1)(c1ccccc1)c1ccccc1. The molecule has 0 amide bonds. The maximum absolute atomic E-state index is 11.3. The van der Waals surface area contributed by atoms with Crippen molar-refractivity contribution in [2.24, 2.45) is 0 Å². The van der Waals surface area contributed by atoms with Crippen molar-refractivity contribution in [3.8, 4) is 5.75 Å². The van der Waals surface area contributed by atoms with Crippen LogP contribution in [0.1, 0.15) is 55.3 Å².